The molecule has 0 bridgehead atoms. The fourth-order valence-corrected chi connectivity index (χ4v) is 4.44. The van der Waals surface area contributed by atoms with E-state index in [1.54, 1.807) is 42.7 Å². The summed E-state index contributed by atoms with van der Waals surface area (Å²) in [6, 6.07) is 15.6. The molecule has 1 amide bonds. The second kappa shape index (κ2) is 8.39. The van der Waals surface area contributed by atoms with Crippen molar-refractivity contribution in [2.24, 2.45) is 0 Å². The number of hydrogen-bond donors (Lipinski definition) is 0. The van der Waals surface area contributed by atoms with E-state index < -0.39 is 5.82 Å². The molecule has 0 aliphatic carbocycles. The highest BCUT2D eigenvalue weighted by Gasteiger charge is 2.26. The molecule has 0 atom stereocenters. The molecule has 0 saturated carbocycles. The van der Waals surface area contributed by atoms with Crippen LogP contribution in [0.1, 0.15) is 23.0 Å². The number of thiazole rings is 1. The lowest BCUT2D eigenvalue weighted by Crippen LogP contribution is -2.30. The van der Waals surface area contributed by atoms with Crippen LogP contribution in [-0.2, 0) is 6.54 Å². The number of carbonyl (C=O) groups excluding carboxylic acids is 1. The van der Waals surface area contributed by atoms with Crippen LogP contribution in [0.25, 0.3) is 21.2 Å². The molecule has 0 aliphatic rings. The van der Waals surface area contributed by atoms with Gasteiger partial charge in [-0.3, -0.25) is 14.7 Å². The van der Waals surface area contributed by atoms with Gasteiger partial charge >= 0.3 is 0 Å². The summed E-state index contributed by atoms with van der Waals surface area (Å²) in [5.41, 5.74) is 1.56. The maximum absolute atomic E-state index is 14.3. The minimum atomic E-state index is -0.427. The predicted molar refractivity (Wildman–Crippen MR) is 122 cm³/mol. The van der Waals surface area contributed by atoms with Crippen molar-refractivity contribution < 1.29 is 18.3 Å². The summed E-state index contributed by atoms with van der Waals surface area (Å²) >= 11 is 1.25. The van der Waals surface area contributed by atoms with Gasteiger partial charge in [-0.05, 0) is 42.8 Å². The predicted octanol–water partition coefficient (Wildman–Crippen LogP) is 5.82. The Morgan fingerprint density at radius 3 is 2.84 bits per heavy atom. The number of benzene rings is 2. The molecule has 0 fully saturated rings. The number of amides is 1. The second-order valence-electron chi connectivity index (χ2n) is 7.05. The summed E-state index contributed by atoms with van der Waals surface area (Å²) in [6.45, 7) is 2.58. The molecule has 32 heavy (non-hydrogen) atoms. The number of fused-ring (bicyclic) bond motifs is 2. The van der Waals surface area contributed by atoms with Crippen LogP contribution in [0.3, 0.4) is 0 Å². The molecule has 3 aromatic heterocycles. The lowest BCUT2D eigenvalue weighted by Gasteiger charge is -2.18. The van der Waals surface area contributed by atoms with Crippen LogP contribution in [-0.4, -0.2) is 22.5 Å². The van der Waals surface area contributed by atoms with E-state index in [0.717, 1.165) is 10.9 Å². The average Bonchev–Trinajstić information content (AvgIpc) is 3.44. The van der Waals surface area contributed by atoms with E-state index >= 15 is 0 Å². The lowest BCUT2D eigenvalue weighted by atomic mass is 10.2. The number of nitrogens with zero attached hydrogens (tertiary/aromatic N) is 3. The molecule has 0 N–H and O–H groups in total. The maximum Gasteiger partial charge on any atom is 0.296 e. The maximum atomic E-state index is 14.3. The first-order valence-corrected chi connectivity index (χ1v) is 10.9. The normalized spacial score (nSPS) is 11.2. The van der Waals surface area contributed by atoms with Gasteiger partial charge in [0.25, 0.3) is 5.91 Å². The van der Waals surface area contributed by atoms with Crippen molar-refractivity contribution in [3.05, 3.63) is 84.1 Å². The summed E-state index contributed by atoms with van der Waals surface area (Å²) in [5.74, 6) is -0.0866. The molecule has 5 aromatic rings. The van der Waals surface area contributed by atoms with E-state index in [0.29, 0.717) is 27.8 Å². The summed E-state index contributed by atoms with van der Waals surface area (Å²) < 4.78 is 26.5. The first-order chi connectivity index (χ1) is 15.6. The average molecular weight is 447 g/mol. The number of hydrogen-bond acceptors (Lipinski definition) is 6. The van der Waals surface area contributed by atoms with Crippen molar-refractivity contribution in [1.82, 2.24) is 9.97 Å². The number of carbonyl (C=O) groups is 1. The lowest BCUT2D eigenvalue weighted by molar-refractivity contribution is 0.0960. The molecule has 8 heteroatoms. The fraction of sp³-hybridized carbons (Fsp3) is 0.125. The monoisotopic (exact) mass is 447 g/mol. The number of para-hydroxylation sites is 2. The topological polar surface area (TPSA) is 68.5 Å². The van der Waals surface area contributed by atoms with Gasteiger partial charge in [0.05, 0.1) is 17.9 Å². The van der Waals surface area contributed by atoms with Gasteiger partial charge in [0.2, 0.25) is 0 Å². The number of halogens is 1. The van der Waals surface area contributed by atoms with Gasteiger partial charge in [0.1, 0.15) is 11.3 Å². The summed E-state index contributed by atoms with van der Waals surface area (Å²) in [7, 11) is 0. The molecule has 0 unspecified atom stereocenters. The van der Waals surface area contributed by atoms with Crippen molar-refractivity contribution in [1.29, 1.82) is 0 Å². The smallest absolute Gasteiger partial charge is 0.296 e. The van der Waals surface area contributed by atoms with Crippen molar-refractivity contribution in [3.8, 4) is 5.75 Å². The van der Waals surface area contributed by atoms with Gasteiger partial charge in [-0.25, -0.2) is 9.37 Å². The number of furan rings is 1. The van der Waals surface area contributed by atoms with Crippen LogP contribution >= 0.6 is 11.3 Å². The third-order valence-electron chi connectivity index (χ3n) is 4.92. The Morgan fingerprint density at radius 2 is 2.06 bits per heavy atom. The Kier molecular flexibility index (Phi) is 5.28. The zero-order valence-corrected chi connectivity index (χ0v) is 17.9. The van der Waals surface area contributed by atoms with E-state index in [1.807, 2.05) is 25.1 Å². The molecule has 0 radical (unpaired) electrons. The number of anilines is 1. The number of rotatable bonds is 6. The summed E-state index contributed by atoms with van der Waals surface area (Å²) in [6.07, 6.45) is 3.34. The van der Waals surface area contributed by atoms with Crippen LogP contribution < -0.4 is 9.64 Å². The third kappa shape index (κ3) is 3.69. The summed E-state index contributed by atoms with van der Waals surface area (Å²) in [4.78, 5) is 23.6. The van der Waals surface area contributed by atoms with E-state index in [1.165, 1.54) is 22.3 Å². The quantitative estimate of drug-likeness (QED) is 0.328. The van der Waals surface area contributed by atoms with Crippen molar-refractivity contribution in [2.75, 3.05) is 11.5 Å². The molecular weight excluding hydrogens is 429 g/mol. The first kappa shape index (κ1) is 20.1. The van der Waals surface area contributed by atoms with Crippen LogP contribution in [0, 0.1) is 5.82 Å². The van der Waals surface area contributed by atoms with Crippen LogP contribution in [0.5, 0.6) is 5.75 Å². The van der Waals surface area contributed by atoms with Crippen LogP contribution in [0.2, 0.25) is 0 Å². The minimum absolute atomic E-state index is 0.149. The van der Waals surface area contributed by atoms with Crippen molar-refractivity contribution in [3.63, 3.8) is 0 Å². The van der Waals surface area contributed by atoms with Gasteiger partial charge in [-0.1, -0.05) is 35.6 Å². The second-order valence-corrected chi connectivity index (χ2v) is 8.06. The van der Waals surface area contributed by atoms with Gasteiger partial charge in [-0.15, -0.1) is 0 Å². The largest absolute Gasteiger partial charge is 0.490 e. The van der Waals surface area contributed by atoms with Crippen molar-refractivity contribution in [2.45, 2.75) is 13.5 Å². The Balaban J connectivity index is 1.59. The van der Waals surface area contributed by atoms with Gasteiger partial charge in [0.15, 0.2) is 22.2 Å². The zero-order valence-electron chi connectivity index (χ0n) is 17.1. The highest BCUT2D eigenvalue weighted by Crippen LogP contribution is 2.34. The molecule has 0 aliphatic heterocycles. The highest BCUT2D eigenvalue weighted by molar-refractivity contribution is 7.22. The number of pyridine rings is 1. The minimum Gasteiger partial charge on any atom is -0.490 e. The zero-order chi connectivity index (χ0) is 22.1. The number of ether oxygens (including phenoxy) is 1. The van der Waals surface area contributed by atoms with E-state index in [-0.39, 0.29) is 23.7 Å². The van der Waals surface area contributed by atoms with E-state index in [9.17, 15) is 9.18 Å². The van der Waals surface area contributed by atoms with E-state index in [2.05, 4.69) is 9.97 Å². The Morgan fingerprint density at radius 1 is 1.19 bits per heavy atom. The fourth-order valence-electron chi connectivity index (χ4n) is 3.46. The van der Waals surface area contributed by atoms with Crippen LogP contribution in [0.15, 0.2) is 71.4 Å². The standard InChI is InChI=1S/C24H18FN3O3S/c1-2-30-18-9-3-7-16-12-19(31-22(16)18)23(29)28(14-15-6-5-11-26-13-15)24-27-21-17(25)8-4-10-20(21)32-24/h3-13H,2,14H2,1H3. The molecular formula is C24H18FN3O3S. The Bertz CT molecular complexity index is 1410. The third-order valence-corrected chi connectivity index (χ3v) is 5.96. The molecule has 160 valence electrons. The number of aromatic nitrogens is 2. The molecule has 6 nitrogen and oxygen atoms in total. The van der Waals surface area contributed by atoms with Gasteiger partial charge in [-0.2, -0.15) is 0 Å². The van der Waals surface area contributed by atoms with Gasteiger partial charge < -0.3 is 9.15 Å². The SMILES string of the molecule is CCOc1cccc2cc(C(=O)N(Cc3cccnc3)c3nc4c(F)cccc4s3)oc12. The van der Waals surface area contributed by atoms with Crippen molar-refractivity contribution >= 4 is 43.6 Å². The Hall–Kier alpha value is -3.78. The molecule has 2 aromatic carbocycles. The van der Waals surface area contributed by atoms with E-state index in [4.69, 9.17) is 9.15 Å². The van der Waals surface area contributed by atoms with Crippen LogP contribution in [0.4, 0.5) is 9.52 Å². The first-order valence-electron chi connectivity index (χ1n) is 10.0. The van der Waals surface area contributed by atoms with Gasteiger partial charge in [0, 0.05) is 17.8 Å². The molecule has 5 rings (SSSR count). The highest BCUT2D eigenvalue weighted by atomic mass is 32.1. The summed E-state index contributed by atoms with van der Waals surface area (Å²) in [5, 5.41) is 1.14. The molecule has 3 heterocycles. The molecule has 0 saturated heterocycles. The molecule has 0 spiro atoms. The Labute approximate surface area is 186 Å².